The molecule has 0 radical (unpaired) electrons. The maximum Gasteiger partial charge on any atom is 0.247 e. The lowest BCUT2D eigenvalue weighted by Gasteiger charge is -1.97. The Morgan fingerprint density at radius 1 is 1.14 bits per heavy atom. The molecule has 14 heavy (non-hydrogen) atoms. The van der Waals surface area contributed by atoms with Crippen LogP contribution in [-0.2, 0) is 0 Å². The lowest BCUT2D eigenvalue weighted by molar-refractivity contribution is 0.789. The molecule has 0 unspecified atom stereocenters. The molecule has 2 aromatic rings. The van der Waals surface area contributed by atoms with Gasteiger partial charge in [-0.25, -0.2) is 0 Å². The van der Waals surface area contributed by atoms with Crippen molar-refractivity contribution in [2.75, 3.05) is 0 Å². The Bertz CT molecular complexity index is 371. The fraction of sp³-hybridized carbons (Fsp3) is 0.222. The first kappa shape index (κ1) is 10.7. The van der Waals surface area contributed by atoms with E-state index in [1.165, 1.54) is 4.68 Å². The molecule has 0 aliphatic rings. The number of tetrazole rings is 1. The van der Waals surface area contributed by atoms with Crippen LogP contribution in [0.3, 0.4) is 0 Å². The molecule has 1 aromatic carbocycles. The summed E-state index contributed by atoms with van der Waals surface area (Å²) in [6.45, 7) is 4.00. The van der Waals surface area contributed by atoms with Crippen molar-refractivity contribution in [1.29, 1.82) is 0 Å². The van der Waals surface area contributed by atoms with E-state index in [2.05, 4.69) is 15.5 Å². The second-order valence-corrected chi connectivity index (χ2v) is 2.53. The third kappa shape index (κ3) is 2.29. The Hall–Kier alpha value is -1.42. The molecular formula is C9H11ClN4. The predicted octanol–water partition coefficient (Wildman–Crippen LogP) is 2.34. The number of hydrogen-bond donors (Lipinski definition) is 0. The average Bonchev–Trinajstić information content (AvgIpc) is 2.69. The zero-order chi connectivity index (χ0) is 10.4. The average molecular weight is 211 g/mol. The largest absolute Gasteiger partial charge is 0.247 e. The van der Waals surface area contributed by atoms with Gasteiger partial charge < -0.3 is 0 Å². The molecule has 0 saturated carbocycles. The molecule has 2 rings (SSSR count). The van der Waals surface area contributed by atoms with E-state index in [0.717, 1.165) is 5.69 Å². The van der Waals surface area contributed by atoms with Crippen molar-refractivity contribution in [1.82, 2.24) is 20.2 Å². The maximum atomic E-state index is 5.70. The number of benzene rings is 1. The standard InChI is InChI=1S/C7H5ClN4.C2H6/c8-7-9-10-11-12(7)6-4-2-1-3-5-6;1-2/h1-5H;1-2H3. The van der Waals surface area contributed by atoms with Crippen LogP contribution in [0, 0.1) is 0 Å². The highest BCUT2D eigenvalue weighted by Gasteiger charge is 2.02. The number of hydrogen-bond acceptors (Lipinski definition) is 3. The van der Waals surface area contributed by atoms with E-state index in [0.29, 0.717) is 0 Å². The normalized spacial score (nSPS) is 9.07. The van der Waals surface area contributed by atoms with Gasteiger partial charge in [-0.05, 0) is 34.2 Å². The lowest BCUT2D eigenvalue weighted by Crippen LogP contribution is -1.95. The summed E-state index contributed by atoms with van der Waals surface area (Å²) >= 11 is 5.70. The van der Waals surface area contributed by atoms with Gasteiger partial charge in [-0.1, -0.05) is 37.1 Å². The smallest absolute Gasteiger partial charge is 0.183 e. The van der Waals surface area contributed by atoms with Crippen LogP contribution in [0.15, 0.2) is 30.3 Å². The van der Waals surface area contributed by atoms with Gasteiger partial charge in [-0.2, -0.15) is 4.68 Å². The number of nitrogens with zero attached hydrogens (tertiary/aromatic N) is 4. The third-order valence-corrected chi connectivity index (χ3v) is 1.67. The summed E-state index contributed by atoms with van der Waals surface area (Å²) in [5, 5.41) is 11.0. The molecule has 5 heteroatoms. The quantitative estimate of drug-likeness (QED) is 0.726. The van der Waals surface area contributed by atoms with Crippen molar-refractivity contribution >= 4 is 11.6 Å². The Balaban J connectivity index is 0.000000461. The van der Waals surface area contributed by atoms with Crippen molar-refractivity contribution in [3.05, 3.63) is 35.6 Å². The van der Waals surface area contributed by atoms with Crippen LogP contribution in [0.2, 0.25) is 5.28 Å². The first-order chi connectivity index (χ1) is 6.88. The second kappa shape index (κ2) is 5.34. The molecule has 1 heterocycles. The number of halogens is 1. The molecule has 0 amide bonds. The predicted molar refractivity (Wildman–Crippen MR) is 55.5 cm³/mol. The summed E-state index contributed by atoms with van der Waals surface area (Å²) in [7, 11) is 0. The van der Waals surface area contributed by atoms with Crippen LogP contribution >= 0.6 is 11.6 Å². The molecule has 1 aromatic heterocycles. The van der Waals surface area contributed by atoms with E-state index in [4.69, 9.17) is 11.6 Å². The molecule has 0 bridgehead atoms. The van der Waals surface area contributed by atoms with Gasteiger partial charge in [0.2, 0.25) is 5.28 Å². The SMILES string of the molecule is CC.Clc1nnnn1-c1ccccc1. The molecule has 74 valence electrons. The molecule has 0 saturated heterocycles. The second-order valence-electron chi connectivity index (χ2n) is 2.20. The van der Waals surface area contributed by atoms with Crippen LogP contribution in [0.25, 0.3) is 5.69 Å². The van der Waals surface area contributed by atoms with Gasteiger partial charge in [0.05, 0.1) is 5.69 Å². The van der Waals surface area contributed by atoms with Crippen molar-refractivity contribution in [2.24, 2.45) is 0 Å². The zero-order valence-corrected chi connectivity index (χ0v) is 8.81. The molecule has 0 aliphatic heterocycles. The molecular weight excluding hydrogens is 200 g/mol. The van der Waals surface area contributed by atoms with E-state index in [1.807, 2.05) is 44.2 Å². The van der Waals surface area contributed by atoms with Gasteiger partial charge in [0.1, 0.15) is 0 Å². The molecule has 0 N–H and O–H groups in total. The Morgan fingerprint density at radius 2 is 1.79 bits per heavy atom. The minimum atomic E-state index is 0.265. The van der Waals surface area contributed by atoms with Gasteiger partial charge in [-0.15, -0.1) is 0 Å². The lowest BCUT2D eigenvalue weighted by atomic mass is 10.3. The van der Waals surface area contributed by atoms with Gasteiger partial charge in [0, 0.05) is 0 Å². The van der Waals surface area contributed by atoms with E-state index in [1.54, 1.807) is 0 Å². The van der Waals surface area contributed by atoms with Gasteiger partial charge in [-0.3, -0.25) is 0 Å². The summed E-state index contributed by atoms with van der Waals surface area (Å²) in [5.74, 6) is 0. The topological polar surface area (TPSA) is 43.6 Å². The molecule has 0 aliphatic carbocycles. The maximum absolute atomic E-state index is 5.70. The van der Waals surface area contributed by atoms with Gasteiger partial charge >= 0.3 is 0 Å². The van der Waals surface area contributed by atoms with Crippen molar-refractivity contribution in [3.8, 4) is 5.69 Å². The fourth-order valence-corrected chi connectivity index (χ4v) is 1.07. The highest BCUT2D eigenvalue weighted by molar-refractivity contribution is 6.28. The van der Waals surface area contributed by atoms with E-state index in [-0.39, 0.29) is 5.28 Å². The number of para-hydroxylation sites is 1. The number of rotatable bonds is 1. The molecule has 0 spiro atoms. The van der Waals surface area contributed by atoms with Gasteiger partial charge in [0.15, 0.2) is 0 Å². The van der Waals surface area contributed by atoms with Crippen LogP contribution in [0.4, 0.5) is 0 Å². The minimum Gasteiger partial charge on any atom is -0.183 e. The molecule has 0 atom stereocenters. The molecule has 0 fully saturated rings. The third-order valence-electron chi connectivity index (χ3n) is 1.43. The number of aromatic nitrogens is 4. The monoisotopic (exact) mass is 210 g/mol. The first-order valence-corrected chi connectivity index (χ1v) is 4.75. The van der Waals surface area contributed by atoms with Crippen LogP contribution in [-0.4, -0.2) is 20.2 Å². The summed E-state index contributed by atoms with van der Waals surface area (Å²) in [6, 6.07) is 9.47. The van der Waals surface area contributed by atoms with Crippen LogP contribution in [0.1, 0.15) is 13.8 Å². The summed E-state index contributed by atoms with van der Waals surface area (Å²) in [4.78, 5) is 0. The van der Waals surface area contributed by atoms with Crippen LogP contribution < -0.4 is 0 Å². The van der Waals surface area contributed by atoms with Gasteiger partial charge in [0.25, 0.3) is 0 Å². The fourth-order valence-electron chi connectivity index (χ4n) is 0.904. The minimum absolute atomic E-state index is 0.265. The zero-order valence-electron chi connectivity index (χ0n) is 8.05. The van der Waals surface area contributed by atoms with Crippen molar-refractivity contribution in [3.63, 3.8) is 0 Å². The Labute approximate surface area is 87.5 Å². The first-order valence-electron chi connectivity index (χ1n) is 4.37. The molecule has 4 nitrogen and oxygen atoms in total. The van der Waals surface area contributed by atoms with Crippen LogP contribution in [0.5, 0.6) is 0 Å². The van der Waals surface area contributed by atoms with E-state index < -0.39 is 0 Å². The Morgan fingerprint density at radius 3 is 2.29 bits per heavy atom. The highest BCUT2D eigenvalue weighted by Crippen LogP contribution is 2.09. The van der Waals surface area contributed by atoms with Crippen molar-refractivity contribution in [2.45, 2.75) is 13.8 Å². The van der Waals surface area contributed by atoms with E-state index >= 15 is 0 Å². The van der Waals surface area contributed by atoms with Crippen molar-refractivity contribution < 1.29 is 0 Å². The Kier molecular flexibility index (Phi) is 4.07. The summed E-state index contributed by atoms with van der Waals surface area (Å²) in [5.41, 5.74) is 0.854. The summed E-state index contributed by atoms with van der Waals surface area (Å²) < 4.78 is 1.46. The highest BCUT2D eigenvalue weighted by atomic mass is 35.5. The summed E-state index contributed by atoms with van der Waals surface area (Å²) in [6.07, 6.45) is 0. The van der Waals surface area contributed by atoms with E-state index in [9.17, 15) is 0 Å².